The van der Waals surface area contributed by atoms with Crippen molar-refractivity contribution in [1.82, 2.24) is 9.21 Å². The van der Waals surface area contributed by atoms with Crippen LogP contribution in [0.4, 0.5) is 5.69 Å². The summed E-state index contributed by atoms with van der Waals surface area (Å²) >= 11 is 5.91. The molecule has 1 fully saturated rings. The predicted octanol–water partition coefficient (Wildman–Crippen LogP) is 2.84. The number of likely N-dealkylation sites (N-methyl/N-ethyl adjacent to an activating group) is 1. The second-order valence-electron chi connectivity index (χ2n) is 7.27. The lowest BCUT2D eigenvalue weighted by Crippen LogP contribution is -2.47. The van der Waals surface area contributed by atoms with Crippen molar-refractivity contribution in [2.75, 3.05) is 32.0 Å². The highest BCUT2D eigenvalue weighted by Crippen LogP contribution is 2.25. The average molecular weight is 450 g/mol. The van der Waals surface area contributed by atoms with Gasteiger partial charge in [0.2, 0.25) is 21.8 Å². The number of rotatable bonds is 6. The van der Waals surface area contributed by atoms with Crippen molar-refractivity contribution in [2.45, 2.75) is 17.7 Å². The van der Waals surface area contributed by atoms with Crippen LogP contribution in [0.2, 0.25) is 5.02 Å². The van der Waals surface area contributed by atoms with Crippen LogP contribution in [0.5, 0.6) is 0 Å². The van der Waals surface area contributed by atoms with Gasteiger partial charge < -0.3 is 10.2 Å². The lowest BCUT2D eigenvalue weighted by atomic mass is 9.98. The molecule has 0 saturated carbocycles. The first-order valence-corrected chi connectivity index (χ1v) is 11.4. The van der Waals surface area contributed by atoms with E-state index in [0.29, 0.717) is 30.1 Å². The van der Waals surface area contributed by atoms with Crippen molar-refractivity contribution in [3.63, 3.8) is 0 Å². The van der Waals surface area contributed by atoms with Gasteiger partial charge in [0.25, 0.3) is 0 Å². The Labute approximate surface area is 181 Å². The summed E-state index contributed by atoms with van der Waals surface area (Å²) in [5.74, 6) is -1.08. The summed E-state index contributed by atoms with van der Waals surface area (Å²) in [6.45, 7) is 0.351. The van der Waals surface area contributed by atoms with Gasteiger partial charge in [-0.25, -0.2) is 8.42 Å². The normalized spacial score (nSPS) is 17.3. The molecule has 1 N–H and O–H groups in total. The Bertz CT molecular complexity index is 1010. The van der Waals surface area contributed by atoms with E-state index in [1.807, 2.05) is 0 Å². The molecule has 1 aliphatic heterocycles. The number of amides is 2. The Morgan fingerprint density at radius 1 is 1.17 bits per heavy atom. The Morgan fingerprint density at radius 3 is 2.60 bits per heavy atom. The van der Waals surface area contributed by atoms with Crippen LogP contribution in [0.1, 0.15) is 12.8 Å². The highest BCUT2D eigenvalue weighted by Gasteiger charge is 2.34. The van der Waals surface area contributed by atoms with E-state index in [0.717, 1.165) is 0 Å². The maximum atomic E-state index is 12.9. The van der Waals surface area contributed by atoms with Crippen LogP contribution < -0.4 is 5.32 Å². The van der Waals surface area contributed by atoms with E-state index >= 15 is 0 Å². The van der Waals surface area contributed by atoms with Crippen molar-refractivity contribution in [3.05, 3.63) is 59.6 Å². The summed E-state index contributed by atoms with van der Waals surface area (Å²) in [6.07, 6.45) is 1.17. The van der Waals surface area contributed by atoms with Crippen LogP contribution in [0.25, 0.3) is 0 Å². The molecule has 3 rings (SSSR count). The van der Waals surface area contributed by atoms with Crippen molar-refractivity contribution in [1.29, 1.82) is 0 Å². The second-order valence-corrected chi connectivity index (χ2v) is 9.64. The first kappa shape index (κ1) is 22.3. The molecule has 160 valence electrons. The van der Waals surface area contributed by atoms with Gasteiger partial charge >= 0.3 is 0 Å². The first-order chi connectivity index (χ1) is 14.3. The summed E-state index contributed by atoms with van der Waals surface area (Å²) in [5, 5.41) is 3.20. The van der Waals surface area contributed by atoms with Crippen LogP contribution in [0.3, 0.4) is 0 Å². The van der Waals surface area contributed by atoms with E-state index in [1.54, 1.807) is 61.6 Å². The van der Waals surface area contributed by atoms with E-state index in [9.17, 15) is 18.0 Å². The number of hydrogen-bond donors (Lipinski definition) is 1. The van der Waals surface area contributed by atoms with Gasteiger partial charge in [0, 0.05) is 30.8 Å². The molecule has 0 aliphatic carbocycles. The van der Waals surface area contributed by atoms with Crippen LogP contribution in [-0.4, -0.2) is 56.1 Å². The molecule has 7 nitrogen and oxygen atoms in total. The molecule has 0 bridgehead atoms. The zero-order valence-corrected chi connectivity index (χ0v) is 18.2. The maximum Gasteiger partial charge on any atom is 0.243 e. The minimum Gasteiger partial charge on any atom is -0.336 e. The summed E-state index contributed by atoms with van der Waals surface area (Å²) in [7, 11) is -2.11. The van der Waals surface area contributed by atoms with Gasteiger partial charge in [0.05, 0.1) is 17.4 Å². The molecule has 2 aromatic rings. The van der Waals surface area contributed by atoms with E-state index in [4.69, 9.17) is 11.6 Å². The first-order valence-electron chi connectivity index (χ1n) is 9.63. The van der Waals surface area contributed by atoms with Gasteiger partial charge in [0.1, 0.15) is 0 Å². The number of hydrogen-bond acceptors (Lipinski definition) is 4. The number of anilines is 1. The molecule has 0 spiro atoms. The lowest BCUT2D eigenvalue weighted by Gasteiger charge is -2.33. The summed E-state index contributed by atoms with van der Waals surface area (Å²) in [6, 6.07) is 14.9. The molecular formula is C21H24ClN3O4S. The SMILES string of the molecule is CN(CC(=O)Nc1cccc(Cl)c1)C(=O)C1CCCN(S(=O)(=O)c2ccccc2)C1. The Kier molecular flexibility index (Phi) is 7.12. The summed E-state index contributed by atoms with van der Waals surface area (Å²) in [5.41, 5.74) is 0.547. The molecule has 0 aromatic heterocycles. The number of halogens is 1. The zero-order chi connectivity index (χ0) is 21.7. The number of sulfonamides is 1. The monoisotopic (exact) mass is 449 g/mol. The molecule has 1 unspecified atom stereocenters. The van der Waals surface area contributed by atoms with Gasteiger partial charge in [0.15, 0.2) is 0 Å². The van der Waals surface area contributed by atoms with Gasteiger partial charge in [-0.15, -0.1) is 0 Å². The van der Waals surface area contributed by atoms with Crippen molar-refractivity contribution in [2.24, 2.45) is 5.92 Å². The number of carbonyl (C=O) groups excluding carboxylic acids is 2. The molecule has 9 heteroatoms. The highest BCUT2D eigenvalue weighted by atomic mass is 35.5. The van der Waals surface area contributed by atoms with E-state index in [1.165, 1.54) is 9.21 Å². The molecule has 1 heterocycles. The molecular weight excluding hydrogens is 426 g/mol. The second kappa shape index (κ2) is 9.59. The van der Waals surface area contributed by atoms with Crippen LogP contribution >= 0.6 is 11.6 Å². The smallest absolute Gasteiger partial charge is 0.243 e. The van der Waals surface area contributed by atoms with E-state index in [2.05, 4.69) is 5.32 Å². The van der Waals surface area contributed by atoms with Gasteiger partial charge in [-0.1, -0.05) is 35.9 Å². The molecule has 0 radical (unpaired) electrons. The quantitative estimate of drug-likeness (QED) is 0.734. The predicted molar refractivity (Wildman–Crippen MR) is 116 cm³/mol. The largest absolute Gasteiger partial charge is 0.336 e. The third-order valence-corrected chi connectivity index (χ3v) is 7.09. The fraction of sp³-hybridized carbons (Fsp3) is 0.333. The number of carbonyl (C=O) groups is 2. The third-order valence-electron chi connectivity index (χ3n) is 4.98. The molecule has 1 aliphatic rings. The Hall–Kier alpha value is -2.42. The minimum atomic E-state index is -3.65. The van der Waals surface area contributed by atoms with Gasteiger partial charge in [-0.3, -0.25) is 9.59 Å². The fourth-order valence-electron chi connectivity index (χ4n) is 3.48. The standard InChI is InChI=1S/C21H24ClN3O4S/c1-24(15-20(26)23-18-9-5-8-17(22)13-18)21(27)16-7-6-12-25(14-16)30(28,29)19-10-3-2-4-11-19/h2-5,8-11,13,16H,6-7,12,14-15H2,1H3,(H,23,26). The Morgan fingerprint density at radius 2 is 1.90 bits per heavy atom. The molecule has 2 amide bonds. The number of piperidine rings is 1. The van der Waals surface area contributed by atoms with Gasteiger partial charge in [-0.2, -0.15) is 4.31 Å². The van der Waals surface area contributed by atoms with Crippen LogP contribution in [0, 0.1) is 5.92 Å². The van der Waals surface area contributed by atoms with Crippen LogP contribution in [-0.2, 0) is 19.6 Å². The molecule has 30 heavy (non-hydrogen) atoms. The average Bonchev–Trinajstić information content (AvgIpc) is 2.73. The van der Waals surface area contributed by atoms with Gasteiger partial charge in [-0.05, 0) is 43.2 Å². The molecule has 1 atom stereocenters. The van der Waals surface area contributed by atoms with Crippen LogP contribution in [0.15, 0.2) is 59.5 Å². The topological polar surface area (TPSA) is 86.8 Å². The minimum absolute atomic E-state index is 0.107. The number of nitrogens with zero attached hydrogens (tertiary/aromatic N) is 2. The zero-order valence-electron chi connectivity index (χ0n) is 16.6. The maximum absolute atomic E-state index is 12.9. The van der Waals surface area contributed by atoms with Crippen molar-refractivity contribution >= 4 is 39.1 Å². The third kappa shape index (κ3) is 5.38. The summed E-state index contributed by atoms with van der Waals surface area (Å²) in [4.78, 5) is 26.7. The number of nitrogens with one attached hydrogen (secondary N) is 1. The molecule has 2 aromatic carbocycles. The van der Waals surface area contributed by atoms with Crippen molar-refractivity contribution in [3.8, 4) is 0 Å². The highest BCUT2D eigenvalue weighted by molar-refractivity contribution is 7.89. The fourth-order valence-corrected chi connectivity index (χ4v) is 5.21. The van der Waals surface area contributed by atoms with E-state index < -0.39 is 15.9 Å². The van der Waals surface area contributed by atoms with Crippen molar-refractivity contribution < 1.29 is 18.0 Å². The number of benzene rings is 2. The van der Waals surface area contributed by atoms with E-state index in [-0.39, 0.29) is 29.8 Å². The lowest BCUT2D eigenvalue weighted by molar-refractivity contribution is -0.138. The Balaban J connectivity index is 1.61. The summed E-state index contributed by atoms with van der Waals surface area (Å²) < 4.78 is 27.1. The molecule has 1 saturated heterocycles.